The van der Waals surface area contributed by atoms with Crippen molar-refractivity contribution in [2.45, 2.75) is 57.7 Å². The molecule has 1 aliphatic rings. The van der Waals surface area contributed by atoms with Gasteiger partial charge in [-0.05, 0) is 11.5 Å². The highest BCUT2D eigenvalue weighted by molar-refractivity contribution is 6.58. The van der Waals surface area contributed by atoms with Crippen LogP contribution >= 0.6 is 0 Å². The van der Waals surface area contributed by atoms with Crippen LogP contribution in [0.2, 0.25) is 18.1 Å². The predicted octanol–water partition coefficient (Wildman–Crippen LogP) is 3.44. The Balaban J connectivity index is 2.40. The first-order chi connectivity index (χ1) is 5.25. The van der Waals surface area contributed by atoms with E-state index in [0.717, 1.165) is 5.92 Å². The molecule has 1 aliphatic carbocycles. The lowest BCUT2D eigenvalue weighted by Gasteiger charge is -2.32. The molecule has 0 heterocycles. The molecule has 0 nitrogen and oxygen atoms in total. The zero-order valence-electron chi connectivity index (χ0n) is 8.27. The van der Waals surface area contributed by atoms with E-state index < -0.39 is 0 Å². The average molecular weight is 170 g/mol. The molecule has 0 saturated heterocycles. The van der Waals surface area contributed by atoms with Gasteiger partial charge in [0.15, 0.2) is 0 Å². The second-order valence-electron chi connectivity index (χ2n) is 4.31. The minimum atomic E-state index is -0.321. The third-order valence-corrected chi connectivity index (χ3v) is 7.29. The van der Waals surface area contributed by atoms with E-state index in [1.54, 1.807) is 6.42 Å². The summed E-state index contributed by atoms with van der Waals surface area (Å²) in [6.45, 7) is 7.42. The molecule has 3 atom stereocenters. The van der Waals surface area contributed by atoms with Crippen molar-refractivity contribution in [2.24, 2.45) is 5.92 Å². The fourth-order valence-electron chi connectivity index (χ4n) is 2.49. The van der Waals surface area contributed by atoms with E-state index in [0.29, 0.717) is 0 Å². The Kier molecular flexibility index (Phi) is 3.63. The molecule has 0 amide bonds. The second-order valence-corrected chi connectivity index (χ2v) is 7.94. The molecule has 1 unspecified atom stereocenters. The maximum Gasteiger partial charge on any atom is 0.0368 e. The lowest BCUT2D eigenvalue weighted by atomic mass is 9.90. The molecule has 0 aromatic heterocycles. The molecule has 1 rings (SSSR count). The SMILES string of the molecule is CC[SiH](C)[C@H]1CCCC[C@H]1C. The topological polar surface area (TPSA) is 0 Å². The highest BCUT2D eigenvalue weighted by atomic mass is 28.3. The van der Waals surface area contributed by atoms with E-state index in [1.807, 2.05) is 0 Å². The second kappa shape index (κ2) is 4.29. The summed E-state index contributed by atoms with van der Waals surface area (Å²) in [7, 11) is -0.321. The molecule has 1 heteroatoms. The fraction of sp³-hybridized carbons (Fsp3) is 1.00. The standard InChI is InChI=1S/C10H22Si/c1-4-11(3)10-8-6-5-7-9(10)2/h9-11H,4-8H2,1-3H3/t9-,10+,11?/m1/s1. The van der Waals surface area contributed by atoms with Gasteiger partial charge in [0.2, 0.25) is 0 Å². The van der Waals surface area contributed by atoms with Gasteiger partial charge in [-0.2, -0.15) is 0 Å². The van der Waals surface area contributed by atoms with Gasteiger partial charge in [0.05, 0.1) is 0 Å². The van der Waals surface area contributed by atoms with Gasteiger partial charge in [0.1, 0.15) is 0 Å². The molecule has 0 N–H and O–H groups in total. The van der Waals surface area contributed by atoms with Crippen LogP contribution in [0.3, 0.4) is 0 Å². The summed E-state index contributed by atoms with van der Waals surface area (Å²) in [5.74, 6) is 1.06. The Hall–Kier alpha value is 0.217. The maximum atomic E-state index is 2.56. The highest BCUT2D eigenvalue weighted by Gasteiger charge is 2.25. The van der Waals surface area contributed by atoms with Crippen LogP contribution in [-0.2, 0) is 0 Å². The maximum absolute atomic E-state index is 2.56. The van der Waals surface area contributed by atoms with E-state index in [9.17, 15) is 0 Å². The third kappa shape index (κ3) is 2.33. The first-order valence-electron chi connectivity index (χ1n) is 5.25. The van der Waals surface area contributed by atoms with Crippen LogP contribution in [0.1, 0.15) is 39.5 Å². The van der Waals surface area contributed by atoms with E-state index in [4.69, 9.17) is 0 Å². The van der Waals surface area contributed by atoms with Crippen molar-refractivity contribution in [2.75, 3.05) is 0 Å². The molecule has 11 heavy (non-hydrogen) atoms. The van der Waals surface area contributed by atoms with Gasteiger partial charge < -0.3 is 0 Å². The van der Waals surface area contributed by atoms with Crippen molar-refractivity contribution in [3.8, 4) is 0 Å². The van der Waals surface area contributed by atoms with Crippen LogP contribution in [-0.4, -0.2) is 8.80 Å². The van der Waals surface area contributed by atoms with Crippen molar-refractivity contribution >= 4 is 8.80 Å². The zero-order chi connectivity index (χ0) is 8.27. The molecule has 0 aromatic carbocycles. The monoisotopic (exact) mass is 170 g/mol. The lowest BCUT2D eigenvalue weighted by Crippen LogP contribution is -2.24. The normalized spacial score (nSPS) is 35.2. The van der Waals surface area contributed by atoms with Gasteiger partial charge in [-0.15, -0.1) is 0 Å². The number of rotatable bonds is 2. The molecule has 1 saturated carbocycles. The Morgan fingerprint density at radius 2 is 1.91 bits per heavy atom. The minimum absolute atomic E-state index is 0.321. The zero-order valence-corrected chi connectivity index (χ0v) is 9.42. The number of hydrogen-bond donors (Lipinski definition) is 0. The van der Waals surface area contributed by atoms with Crippen LogP contribution in [0.25, 0.3) is 0 Å². The van der Waals surface area contributed by atoms with Gasteiger partial charge in [0, 0.05) is 8.80 Å². The van der Waals surface area contributed by atoms with Crippen LogP contribution in [0.15, 0.2) is 0 Å². The average Bonchev–Trinajstić information content (AvgIpc) is 2.04. The van der Waals surface area contributed by atoms with E-state index in [2.05, 4.69) is 20.4 Å². The minimum Gasteiger partial charge on any atom is -0.0718 e. The Labute approximate surface area is 73.0 Å². The predicted molar refractivity (Wildman–Crippen MR) is 54.9 cm³/mol. The molecule has 66 valence electrons. The van der Waals surface area contributed by atoms with E-state index in [-0.39, 0.29) is 8.80 Å². The Bertz CT molecular complexity index is 107. The first kappa shape index (κ1) is 9.31. The molecular formula is C10H22Si. The number of hydrogen-bond acceptors (Lipinski definition) is 0. The lowest BCUT2D eigenvalue weighted by molar-refractivity contribution is 0.379. The van der Waals surface area contributed by atoms with Gasteiger partial charge in [-0.1, -0.05) is 52.1 Å². The quantitative estimate of drug-likeness (QED) is 0.557. The Morgan fingerprint density at radius 1 is 1.27 bits per heavy atom. The third-order valence-electron chi connectivity index (χ3n) is 3.55. The largest absolute Gasteiger partial charge is 0.0718 e. The molecule has 0 aromatic rings. The highest BCUT2D eigenvalue weighted by Crippen LogP contribution is 2.37. The fourth-order valence-corrected chi connectivity index (χ4v) is 5.22. The van der Waals surface area contributed by atoms with Crippen molar-refractivity contribution in [3.05, 3.63) is 0 Å². The first-order valence-corrected chi connectivity index (χ1v) is 7.89. The molecular weight excluding hydrogens is 148 g/mol. The van der Waals surface area contributed by atoms with Crippen LogP contribution in [0, 0.1) is 5.92 Å². The summed E-state index contributed by atoms with van der Waals surface area (Å²) in [4.78, 5) is 0. The summed E-state index contributed by atoms with van der Waals surface area (Å²) in [6.07, 6.45) is 6.10. The molecule has 0 aliphatic heterocycles. The van der Waals surface area contributed by atoms with Crippen molar-refractivity contribution in [1.82, 2.24) is 0 Å². The summed E-state index contributed by atoms with van der Waals surface area (Å²) in [5, 5.41) is 0. The summed E-state index contributed by atoms with van der Waals surface area (Å²) >= 11 is 0. The van der Waals surface area contributed by atoms with E-state index >= 15 is 0 Å². The van der Waals surface area contributed by atoms with Crippen molar-refractivity contribution in [3.63, 3.8) is 0 Å². The molecule has 0 bridgehead atoms. The van der Waals surface area contributed by atoms with Gasteiger partial charge >= 0.3 is 0 Å². The summed E-state index contributed by atoms with van der Waals surface area (Å²) < 4.78 is 0. The van der Waals surface area contributed by atoms with Crippen molar-refractivity contribution < 1.29 is 0 Å². The molecule has 0 radical (unpaired) electrons. The van der Waals surface area contributed by atoms with Gasteiger partial charge in [-0.25, -0.2) is 0 Å². The van der Waals surface area contributed by atoms with E-state index in [1.165, 1.54) is 30.8 Å². The molecule has 1 fully saturated rings. The van der Waals surface area contributed by atoms with Crippen LogP contribution < -0.4 is 0 Å². The van der Waals surface area contributed by atoms with Gasteiger partial charge in [-0.3, -0.25) is 0 Å². The summed E-state index contributed by atoms with van der Waals surface area (Å²) in [6, 6.07) is 1.51. The van der Waals surface area contributed by atoms with Crippen LogP contribution in [0.5, 0.6) is 0 Å². The van der Waals surface area contributed by atoms with Crippen LogP contribution in [0.4, 0.5) is 0 Å². The van der Waals surface area contributed by atoms with Gasteiger partial charge in [0.25, 0.3) is 0 Å². The van der Waals surface area contributed by atoms with Crippen molar-refractivity contribution in [1.29, 1.82) is 0 Å². The molecule has 0 spiro atoms. The Morgan fingerprint density at radius 3 is 2.45 bits per heavy atom. The summed E-state index contributed by atoms with van der Waals surface area (Å²) in [5.41, 5.74) is 1.17. The smallest absolute Gasteiger partial charge is 0.0368 e.